The molecule has 2 N–H and O–H groups in total. The van der Waals surface area contributed by atoms with Crippen LogP contribution in [0.25, 0.3) is 0 Å². The van der Waals surface area contributed by atoms with Gasteiger partial charge in [-0.3, -0.25) is 0 Å². The van der Waals surface area contributed by atoms with Gasteiger partial charge < -0.3 is 19.4 Å². The van der Waals surface area contributed by atoms with E-state index in [0.717, 1.165) is 19.4 Å². The Labute approximate surface area is 98.0 Å². The molecule has 1 aliphatic heterocycles. The predicted molar refractivity (Wildman–Crippen MR) is 60.2 cm³/mol. The molecule has 1 saturated heterocycles. The lowest BCUT2D eigenvalue weighted by Crippen LogP contribution is -2.15. The van der Waals surface area contributed by atoms with E-state index in [1.165, 1.54) is 0 Å². The van der Waals surface area contributed by atoms with Crippen LogP contribution in [0.15, 0.2) is 0 Å². The maximum atomic E-state index is 11.0. The number of hydrogen-bond acceptors (Lipinski definition) is 3. The lowest BCUT2D eigenvalue weighted by Gasteiger charge is -2.10. The van der Waals surface area contributed by atoms with E-state index < -0.39 is 5.97 Å². The molecule has 1 atom stereocenters. The second-order valence-electron chi connectivity index (χ2n) is 3.96. The van der Waals surface area contributed by atoms with Crippen LogP contribution in [-0.4, -0.2) is 33.3 Å². The van der Waals surface area contributed by atoms with E-state index in [9.17, 15) is 4.79 Å². The first-order chi connectivity index (χ1) is 7.59. The second kappa shape index (κ2) is 4.39. The number of aromatic carboxylic acids is 1. The number of carboxylic acids is 1. The molecule has 1 fully saturated rings. The zero-order valence-electron chi connectivity index (χ0n) is 9.02. The number of H-pyrrole nitrogens is 1. The highest BCUT2D eigenvalue weighted by molar-refractivity contribution is 7.71. The standard InChI is InChI=1S/C10H14N2O3S/c1-12-7(5-6-3-2-4-15-6)8(9(13)14)11-10(12)16/h6H,2-5H2,1H3,(H,11,16)(H,13,14). The SMILES string of the molecule is Cn1c(CC2CCCO2)c(C(=O)O)[nH]c1=S. The number of rotatable bonds is 3. The number of carbonyl (C=O) groups is 1. The van der Waals surface area contributed by atoms with Gasteiger partial charge in [-0.05, 0) is 25.1 Å². The van der Waals surface area contributed by atoms with Crippen molar-refractivity contribution in [3.05, 3.63) is 16.2 Å². The lowest BCUT2D eigenvalue weighted by molar-refractivity contribution is 0.0687. The Hall–Kier alpha value is -1.14. The van der Waals surface area contributed by atoms with Crippen molar-refractivity contribution in [2.45, 2.75) is 25.4 Å². The molecule has 0 radical (unpaired) electrons. The van der Waals surface area contributed by atoms with Crippen LogP contribution in [0.1, 0.15) is 29.0 Å². The van der Waals surface area contributed by atoms with Gasteiger partial charge in [0, 0.05) is 20.1 Å². The Balaban J connectivity index is 2.30. The Morgan fingerprint density at radius 2 is 2.50 bits per heavy atom. The number of hydrogen-bond donors (Lipinski definition) is 2. The number of nitrogens with one attached hydrogen (secondary N) is 1. The first-order valence-electron chi connectivity index (χ1n) is 5.22. The molecule has 88 valence electrons. The van der Waals surface area contributed by atoms with Crippen molar-refractivity contribution in [3.8, 4) is 0 Å². The van der Waals surface area contributed by atoms with Crippen molar-refractivity contribution in [2.24, 2.45) is 7.05 Å². The summed E-state index contributed by atoms with van der Waals surface area (Å²) < 4.78 is 7.65. The summed E-state index contributed by atoms with van der Waals surface area (Å²) >= 11 is 5.03. The van der Waals surface area contributed by atoms with Gasteiger partial charge in [0.2, 0.25) is 0 Å². The van der Waals surface area contributed by atoms with Crippen LogP contribution in [0.3, 0.4) is 0 Å². The van der Waals surface area contributed by atoms with E-state index in [1.807, 2.05) is 0 Å². The van der Waals surface area contributed by atoms with Crippen molar-refractivity contribution in [2.75, 3.05) is 6.61 Å². The average molecular weight is 242 g/mol. The minimum atomic E-state index is -0.973. The largest absolute Gasteiger partial charge is 0.477 e. The second-order valence-corrected chi connectivity index (χ2v) is 4.34. The summed E-state index contributed by atoms with van der Waals surface area (Å²) in [5, 5.41) is 9.05. The quantitative estimate of drug-likeness (QED) is 0.788. The maximum absolute atomic E-state index is 11.0. The molecule has 1 aromatic rings. The summed E-state index contributed by atoms with van der Waals surface area (Å²) in [7, 11) is 1.77. The van der Waals surface area contributed by atoms with Crippen LogP contribution in [0.2, 0.25) is 0 Å². The minimum absolute atomic E-state index is 0.120. The molecule has 1 aromatic heterocycles. The van der Waals surface area contributed by atoms with Gasteiger partial charge in [-0.2, -0.15) is 0 Å². The van der Waals surface area contributed by atoms with Crippen LogP contribution < -0.4 is 0 Å². The molecule has 6 heteroatoms. The third kappa shape index (κ3) is 2.03. The fourth-order valence-electron chi connectivity index (χ4n) is 1.99. The van der Waals surface area contributed by atoms with Crippen molar-refractivity contribution < 1.29 is 14.6 Å². The highest BCUT2D eigenvalue weighted by Gasteiger charge is 2.22. The minimum Gasteiger partial charge on any atom is -0.477 e. The first-order valence-corrected chi connectivity index (χ1v) is 5.63. The van der Waals surface area contributed by atoms with Crippen molar-refractivity contribution in [3.63, 3.8) is 0 Å². The molecule has 2 heterocycles. The van der Waals surface area contributed by atoms with E-state index >= 15 is 0 Å². The first kappa shape index (κ1) is 11.3. The van der Waals surface area contributed by atoms with Gasteiger partial charge in [0.15, 0.2) is 4.77 Å². The number of carboxylic acid groups (broad SMARTS) is 1. The summed E-state index contributed by atoms with van der Waals surface area (Å²) in [6.07, 6.45) is 2.75. The van der Waals surface area contributed by atoms with Gasteiger partial charge in [0.05, 0.1) is 11.8 Å². The monoisotopic (exact) mass is 242 g/mol. The van der Waals surface area contributed by atoms with Gasteiger partial charge in [-0.25, -0.2) is 4.79 Å². The van der Waals surface area contributed by atoms with E-state index in [1.54, 1.807) is 11.6 Å². The Morgan fingerprint density at radius 1 is 1.75 bits per heavy atom. The van der Waals surface area contributed by atoms with Crippen LogP contribution in [0.4, 0.5) is 0 Å². The van der Waals surface area contributed by atoms with Crippen molar-refractivity contribution >= 4 is 18.2 Å². The van der Waals surface area contributed by atoms with Gasteiger partial charge in [-0.1, -0.05) is 0 Å². The van der Waals surface area contributed by atoms with Crippen LogP contribution in [0.5, 0.6) is 0 Å². The summed E-state index contributed by atoms with van der Waals surface area (Å²) in [6, 6.07) is 0. The molecular formula is C10H14N2O3S. The molecule has 0 bridgehead atoms. The van der Waals surface area contributed by atoms with Crippen LogP contribution in [0, 0.1) is 4.77 Å². The topological polar surface area (TPSA) is 67.2 Å². The molecule has 2 rings (SSSR count). The molecule has 1 unspecified atom stereocenters. The third-order valence-electron chi connectivity index (χ3n) is 2.89. The molecule has 5 nitrogen and oxygen atoms in total. The van der Waals surface area contributed by atoms with Crippen molar-refractivity contribution in [1.29, 1.82) is 0 Å². The van der Waals surface area contributed by atoms with Crippen LogP contribution in [-0.2, 0) is 18.2 Å². The number of nitrogens with zero attached hydrogens (tertiary/aromatic N) is 1. The lowest BCUT2D eigenvalue weighted by atomic mass is 10.1. The van der Waals surface area contributed by atoms with E-state index in [2.05, 4.69) is 4.98 Å². The third-order valence-corrected chi connectivity index (χ3v) is 3.26. The molecule has 0 aromatic carbocycles. The summed E-state index contributed by atoms with van der Waals surface area (Å²) in [5.41, 5.74) is 0.896. The number of aromatic amines is 1. The van der Waals surface area contributed by atoms with Crippen LogP contribution >= 0.6 is 12.2 Å². The molecule has 0 saturated carbocycles. The van der Waals surface area contributed by atoms with Crippen molar-refractivity contribution in [1.82, 2.24) is 9.55 Å². The van der Waals surface area contributed by atoms with Gasteiger partial charge in [-0.15, -0.1) is 0 Å². The van der Waals surface area contributed by atoms with Gasteiger partial charge in [0.25, 0.3) is 0 Å². The summed E-state index contributed by atoms with van der Waals surface area (Å²) in [6.45, 7) is 0.766. The summed E-state index contributed by atoms with van der Waals surface area (Å²) in [4.78, 5) is 13.7. The maximum Gasteiger partial charge on any atom is 0.354 e. The van der Waals surface area contributed by atoms with Gasteiger partial charge in [0.1, 0.15) is 5.69 Å². The Morgan fingerprint density at radius 3 is 3.06 bits per heavy atom. The fraction of sp³-hybridized carbons (Fsp3) is 0.600. The highest BCUT2D eigenvalue weighted by atomic mass is 32.1. The number of aromatic nitrogens is 2. The smallest absolute Gasteiger partial charge is 0.354 e. The molecule has 0 aliphatic carbocycles. The molecular weight excluding hydrogens is 228 g/mol. The zero-order chi connectivity index (χ0) is 11.7. The van der Waals surface area contributed by atoms with Gasteiger partial charge >= 0.3 is 5.97 Å². The Kier molecular flexibility index (Phi) is 3.11. The Bertz CT molecular complexity index is 457. The molecule has 0 spiro atoms. The highest BCUT2D eigenvalue weighted by Crippen LogP contribution is 2.19. The average Bonchev–Trinajstić information content (AvgIpc) is 2.81. The molecule has 0 amide bonds. The zero-order valence-corrected chi connectivity index (χ0v) is 9.84. The van der Waals surface area contributed by atoms with E-state index in [4.69, 9.17) is 22.1 Å². The molecule has 1 aliphatic rings. The molecule has 16 heavy (non-hydrogen) atoms. The van der Waals surface area contributed by atoms with E-state index in [0.29, 0.717) is 16.9 Å². The predicted octanol–water partition coefficient (Wildman–Crippen LogP) is 1.50. The fourth-order valence-corrected chi connectivity index (χ4v) is 2.20. The summed E-state index contributed by atoms with van der Waals surface area (Å²) in [5.74, 6) is -0.973. The van der Waals surface area contributed by atoms with E-state index in [-0.39, 0.29) is 11.8 Å². The number of imidazole rings is 1. The normalized spacial score (nSPS) is 20.2. The number of ether oxygens (including phenoxy) is 1.